The zero-order valence-corrected chi connectivity index (χ0v) is 13.4. The average Bonchev–Trinajstić information content (AvgIpc) is 2.41. The molecule has 2 aromatic carbocycles. The van der Waals surface area contributed by atoms with E-state index in [0.717, 1.165) is 21.3 Å². The van der Waals surface area contributed by atoms with Crippen LogP contribution in [0.3, 0.4) is 0 Å². The molecule has 0 N–H and O–H groups in total. The summed E-state index contributed by atoms with van der Waals surface area (Å²) in [6, 6.07) is 13.1. The van der Waals surface area contributed by atoms with Crippen molar-refractivity contribution in [3.63, 3.8) is 0 Å². The predicted octanol–water partition coefficient (Wildman–Crippen LogP) is 4.47. The molecule has 20 heavy (non-hydrogen) atoms. The standard InChI is InChI=1S/C16H14BrClO2/c1-20-16-7-6-11(9-14(16)17)8-13(19)10-12-4-2-3-5-15(12)18/h2-7,9H,8,10H2,1H3. The molecule has 0 bridgehead atoms. The lowest BCUT2D eigenvalue weighted by Gasteiger charge is -2.07. The van der Waals surface area contributed by atoms with Crippen LogP contribution in [-0.4, -0.2) is 12.9 Å². The molecule has 2 aromatic rings. The monoisotopic (exact) mass is 352 g/mol. The minimum atomic E-state index is 0.134. The molecule has 0 spiro atoms. The number of benzene rings is 2. The van der Waals surface area contributed by atoms with Gasteiger partial charge in [-0.1, -0.05) is 35.9 Å². The number of halogens is 2. The summed E-state index contributed by atoms with van der Waals surface area (Å²) in [4.78, 5) is 12.1. The molecule has 104 valence electrons. The van der Waals surface area contributed by atoms with Crippen LogP contribution in [0.2, 0.25) is 5.02 Å². The van der Waals surface area contributed by atoms with Crippen molar-refractivity contribution in [1.29, 1.82) is 0 Å². The Labute approximate surface area is 131 Å². The van der Waals surface area contributed by atoms with Gasteiger partial charge in [-0.2, -0.15) is 0 Å². The maximum absolute atomic E-state index is 12.1. The summed E-state index contributed by atoms with van der Waals surface area (Å²) in [5.74, 6) is 0.891. The van der Waals surface area contributed by atoms with E-state index in [0.29, 0.717) is 17.9 Å². The molecule has 0 fully saturated rings. The van der Waals surface area contributed by atoms with Crippen molar-refractivity contribution in [2.24, 2.45) is 0 Å². The minimum Gasteiger partial charge on any atom is -0.496 e. The maximum atomic E-state index is 12.1. The van der Waals surface area contributed by atoms with Crippen molar-refractivity contribution in [2.45, 2.75) is 12.8 Å². The molecule has 0 unspecified atom stereocenters. The fourth-order valence-corrected chi connectivity index (χ4v) is 2.75. The van der Waals surface area contributed by atoms with E-state index in [-0.39, 0.29) is 5.78 Å². The van der Waals surface area contributed by atoms with Crippen molar-refractivity contribution in [3.05, 3.63) is 63.1 Å². The smallest absolute Gasteiger partial charge is 0.141 e. The number of hydrogen-bond acceptors (Lipinski definition) is 2. The molecular formula is C16H14BrClO2. The van der Waals surface area contributed by atoms with Gasteiger partial charge < -0.3 is 4.74 Å². The first-order valence-electron chi connectivity index (χ1n) is 6.17. The molecule has 0 aromatic heterocycles. The third-order valence-electron chi connectivity index (χ3n) is 2.96. The zero-order chi connectivity index (χ0) is 14.5. The van der Waals surface area contributed by atoms with Gasteiger partial charge >= 0.3 is 0 Å². The van der Waals surface area contributed by atoms with Crippen molar-refractivity contribution in [3.8, 4) is 5.75 Å². The van der Waals surface area contributed by atoms with Crippen LogP contribution in [0.15, 0.2) is 46.9 Å². The highest BCUT2D eigenvalue weighted by Crippen LogP contribution is 2.26. The highest BCUT2D eigenvalue weighted by molar-refractivity contribution is 9.10. The topological polar surface area (TPSA) is 26.3 Å². The van der Waals surface area contributed by atoms with E-state index in [2.05, 4.69) is 15.9 Å². The first-order valence-corrected chi connectivity index (χ1v) is 7.35. The Morgan fingerprint density at radius 1 is 1.20 bits per heavy atom. The van der Waals surface area contributed by atoms with Gasteiger partial charge in [0, 0.05) is 17.9 Å². The quantitative estimate of drug-likeness (QED) is 0.793. The Hall–Kier alpha value is -1.32. The van der Waals surface area contributed by atoms with Crippen LogP contribution in [0.25, 0.3) is 0 Å². The van der Waals surface area contributed by atoms with Crippen LogP contribution >= 0.6 is 27.5 Å². The van der Waals surface area contributed by atoms with Crippen molar-refractivity contribution >= 4 is 33.3 Å². The van der Waals surface area contributed by atoms with E-state index in [9.17, 15) is 4.79 Å². The first kappa shape index (κ1) is 15.1. The third kappa shape index (κ3) is 3.84. The van der Waals surface area contributed by atoms with E-state index in [1.54, 1.807) is 13.2 Å². The normalized spacial score (nSPS) is 10.3. The van der Waals surface area contributed by atoms with E-state index in [1.165, 1.54) is 0 Å². The number of ketones is 1. The molecule has 0 aliphatic carbocycles. The molecule has 2 rings (SSSR count). The Bertz CT molecular complexity index is 626. The van der Waals surface area contributed by atoms with Gasteiger partial charge in [0.1, 0.15) is 11.5 Å². The Balaban J connectivity index is 2.05. The molecular weight excluding hydrogens is 340 g/mol. The summed E-state index contributed by atoms with van der Waals surface area (Å²) >= 11 is 9.48. The number of carbonyl (C=O) groups excluding carboxylic acids is 1. The van der Waals surface area contributed by atoms with Crippen LogP contribution < -0.4 is 4.74 Å². The number of ether oxygens (including phenoxy) is 1. The number of carbonyl (C=O) groups is 1. The average molecular weight is 354 g/mol. The summed E-state index contributed by atoms with van der Waals surface area (Å²) in [6.45, 7) is 0. The molecule has 2 nitrogen and oxygen atoms in total. The molecule has 0 radical (unpaired) electrons. The van der Waals surface area contributed by atoms with Gasteiger partial charge in [0.05, 0.1) is 11.6 Å². The Morgan fingerprint density at radius 3 is 2.60 bits per heavy atom. The lowest BCUT2D eigenvalue weighted by Crippen LogP contribution is -2.07. The number of hydrogen-bond donors (Lipinski definition) is 0. The molecule has 0 aliphatic heterocycles. The second kappa shape index (κ2) is 6.91. The minimum absolute atomic E-state index is 0.134. The lowest BCUT2D eigenvalue weighted by atomic mass is 10.0. The highest BCUT2D eigenvalue weighted by atomic mass is 79.9. The fraction of sp³-hybridized carbons (Fsp3) is 0.188. The fourth-order valence-electron chi connectivity index (χ4n) is 1.96. The van der Waals surface area contributed by atoms with Crippen LogP contribution in [0.5, 0.6) is 5.75 Å². The lowest BCUT2D eigenvalue weighted by molar-refractivity contribution is -0.117. The molecule has 0 amide bonds. The molecule has 0 saturated heterocycles. The summed E-state index contributed by atoms with van der Waals surface area (Å²) in [7, 11) is 1.61. The van der Waals surface area contributed by atoms with Crippen LogP contribution in [0.1, 0.15) is 11.1 Å². The summed E-state index contributed by atoms with van der Waals surface area (Å²) in [5, 5.41) is 0.636. The van der Waals surface area contributed by atoms with E-state index in [4.69, 9.17) is 16.3 Å². The van der Waals surface area contributed by atoms with E-state index < -0.39 is 0 Å². The molecule has 0 aliphatic rings. The van der Waals surface area contributed by atoms with E-state index in [1.807, 2.05) is 36.4 Å². The largest absolute Gasteiger partial charge is 0.496 e. The summed E-state index contributed by atoms with van der Waals surface area (Å²) in [6.07, 6.45) is 0.733. The maximum Gasteiger partial charge on any atom is 0.141 e. The molecule has 0 atom stereocenters. The Kier molecular flexibility index (Phi) is 5.21. The van der Waals surface area contributed by atoms with Crippen molar-refractivity contribution < 1.29 is 9.53 Å². The number of rotatable bonds is 5. The SMILES string of the molecule is COc1ccc(CC(=O)Cc2ccccc2Cl)cc1Br. The number of Topliss-reactive ketones (excluding diaryl/α,β-unsaturated/α-hetero) is 1. The predicted molar refractivity (Wildman–Crippen MR) is 84.6 cm³/mol. The summed E-state index contributed by atoms with van der Waals surface area (Å²) in [5.41, 5.74) is 1.82. The second-order valence-electron chi connectivity index (χ2n) is 4.45. The highest BCUT2D eigenvalue weighted by Gasteiger charge is 2.09. The van der Waals surface area contributed by atoms with Crippen LogP contribution in [-0.2, 0) is 17.6 Å². The van der Waals surface area contributed by atoms with Gasteiger partial charge in [0.15, 0.2) is 0 Å². The number of methoxy groups -OCH3 is 1. The first-order chi connectivity index (χ1) is 9.60. The second-order valence-corrected chi connectivity index (χ2v) is 5.71. The van der Waals surface area contributed by atoms with Crippen molar-refractivity contribution in [2.75, 3.05) is 7.11 Å². The van der Waals surface area contributed by atoms with E-state index >= 15 is 0 Å². The van der Waals surface area contributed by atoms with Crippen LogP contribution in [0, 0.1) is 0 Å². The molecule has 0 heterocycles. The van der Waals surface area contributed by atoms with Crippen molar-refractivity contribution in [1.82, 2.24) is 0 Å². The van der Waals surface area contributed by atoms with Gasteiger partial charge in [0.25, 0.3) is 0 Å². The Morgan fingerprint density at radius 2 is 1.95 bits per heavy atom. The molecule has 0 saturated carbocycles. The van der Waals surface area contributed by atoms with Gasteiger partial charge in [0.2, 0.25) is 0 Å². The van der Waals surface area contributed by atoms with Gasteiger partial charge in [-0.05, 0) is 45.3 Å². The van der Waals surface area contributed by atoms with Crippen LogP contribution in [0.4, 0.5) is 0 Å². The summed E-state index contributed by atoms with van der Waals surface area (Å²) < 4.78 is 6.02. The third-order valence-corrected chi connectivity index (χ3v) is 3.95. The van der Waals surface area contributed by atoms with Gasteiger partial charge in [-0.3, -0.25) is 4.79 Å². The molecule has 4 heteroatoms. The van der Waals surface area contributed by atoms with Gasteiger partial charge in [-0.15, -0.1) is 0 Å². The zero-order valence-electron chi connectivity index (χ0n) is 11.0. The van der Waals surface area contributed by atoms with Gasteiger partial charge in [-0.25, -0.2) is 0 Å².